The van der Waals surface area contributed by atoms with E-state index in [2.05, 4.69) is 76.3 Å². The van der Waals surface area contributed by atoms with Gasteiger partial charge in [0.1, 0.15) is 0 Å². The molecule has 0 aliphatic heterocycles. The molecule has 0 fully saturated rings. The van der Waals surface area contributed by atoms with Crippen molar-refractivity contribution >= 4 is 41.2 Å². The molecule has 0 heterocycles. The van der Waals surface area contributed by atoms with Crippen molar-refractivity contribution in [2.75, 3.05) is 0 Å². The van der Waals surface area contributed by atoms with Crippen LogP contribution in [0.4, 0.5) is 0 Å². The molecule has 0 radical (unpaired) electrons. The Morgan fingerprint density at radius 3 is 1.38 bits per heavy atom. The van der Waals surface area contributed by atoms with Crippen molar-refractivity contribution in [3.8, 4) is 0 Å². The molecule has 0 N–H and O–H groups in total. The van der Waals surface area contributed by atoms with E-state index in [4.69, 9.17) is 4.21 Å². The average molecular weight is 465 g/mol. The van der Waals surface area contributed by atoms with Crippen LogP contribution in [-0.2, 0) is 21.3 Å². The van der Waals surface area contributed by atoms with E-state index in [0.717, 1.165) is 0 Å². The molecule has 0 spiro atoms. The van der Waals surface area contributed by atoms with Crippen molar-refractivity contribution in [3.63, 3.8) is 0 Å². The topological polar surface area (TPSA) is 0 Å². The molecule has 2 aromatic carbocycles. The standard InChI is InChI=1S/2C11H11.CH2.2ClH.Zr/c2*1-8-6-7-9(2)11-5-3-4-10(8)11;;;;/h2*3-7H,1-2H3;1H2;2*1H;. The molecule has 0 saturated carbocycles. The number of aryl methyl sites for hydroxylation is 4. The van der Waals surface area contributed by atoms with Crippen molar-refractivity contribution in [1.82, 2.24) is 0 Å². The summed E-state index contributed by atoms with van der Waals surface area (Å²) in [6, 6.07) is 9.09. The third kappa shape index (κ3) is 3.28. The Morgan fingerprint density at radius 1 is 0.654 bits per heavy atom. The van der Waals surface area contributed by atoms with Gasteiger partial charge in [-0.1, -0.05) is 0 Å². The van der Waals surface area contributed by atoms with Gasteiger partial charge in [0, 0.05) is 0 Å². The van der Waals surface area contributed by atoms with Crippen LogP contribution in [-0.4, -0.2) is 4.21 Å². The minimum absolute atomic E-state index is 0. The van der Waals surface area contributed by atoms with Crippen LogP contribution < -0.4 is 0 Å². The summed E-state index contributed by atoms with van der Waals surface area (Å²) in [4.78, 5) is 0. The van der Waals surface area contributed by atoms with Gasteiger partial charge in [-0.25, -0.2) is 0 Å². The Balaban J connectivity index is 0.00000121. The van der Waals surface area contributed by atoms with Gasteiger partial charge in [-0.05, 0) is 0 Å². The quantitative estimate of drug-likeness (QED) is 0.467. The van der Waals surface area contributed by atoms with Crippen molar-refractivity contribution in [1.29, 1.82) is 0 Å². The molecule has 2 atom stereocenters. The first-order valence-electron chi connectivity index (χ1n) is 8.74. The first-order chi connectivity index (χ1) is 11.5. The summed E-state index contributed by atoms with van der Waals surface area (Å²) in [5.41, 5.74) is 11.8. The van der Waals surface area contributed by atoms with E-state index in [1.165, 1.54) is 33.4 Å². The van der Waals surface area contributed by atoms with Crippen LogP contribution in [0, 0.1) is 27.7 Å². The van der Waals surface area contributed by atoms with E-state index in [1.54, 1.807) is 11.1 Å². The summed E-state index contributed by atoms with van der Waals surface area (Å²) in [5, 5.41) is 0. The third-order valence-corrected chi connectivity index (χ3v) is 12.1. The van der Waals surface area contributed by atoms with Gasteiger partial charge in [0.25, 0.3) is 0 Å². The number of fused-ring (bicyclic) bond motifs is 2. The number of hydrogen-bond donors (Lipinski definition) is 0. The predicted octanol–water partition coefficient (Wildman–Crippen LogP) is 6.65. The van der Waals surface area contributed by atoms with E-state index < -0.39 is 21.3 Å². The number of allylic oxidation sites excluding steroid dienone is 2. The number of benzene rings is 2. The molecule has 0 saturated heterocycles. The van der Waals surface area contributed by atoms with Crippen LogP contribution in [0.3, 0.4) is 0 Å². The Kier molecular flexibility index (Phi) is 6.71. The maximum atomic E-state index is 4.84. The molecule has 0 bridgehead atoms. The molecule has 2 aliphatic rings. The Labute approximate surface area is 177 Å². The molecule has 3 heteroatoms. The summed E-state index contributed by atoms with van der Waals surface area (Å²) < 4.78 is 6.04. The van der Waals surface area contributed by atoms with Crippen molar-refractivity contribution in [2.45, 2.75) is 34.9 Å². The van der Waals surface area contributed by atoms with E-state index >= 15 is 0 Å². The van der Waals surface area contributed by atoms with Gasteiger partial charge < -0.3 is 0 Å². The van der Waals surface area contributed by atoms with E-state index in [0.29, 0.717) is 7.25 Å². The summed E-state index contributed by atoms with van der Waals surface area (Å²) in [5.74, 6) is 0. The predicted molar refractivity (Wildman–Crippen MR) is 117 cm³/mol. The monoisotopic (exact) mass is 462 g/mol. The Morgan fingerprint density at radius 2 is 1.00 bits per heavy atom. The van der Waals surface area contributed by atoms with Crippen LogP contribution in [0.1, 0.15) is 51.8 Å². The molecular formula is C23H26Cl2Zr. The van der Waals surface area contributed by atoms with Gasteiger partial charge in [-0.2, -0.15) is 0 Å². The Bertz CT molecular complexity index is 862. The number of rotatable bonds is 2. The molecule has 2 aromatic rings. The molecular weight excluding hydrogens is 438 g/mol. The van der Waals surface area contributed by atoms with Gasteiger partial charge >= 0.3 is 154 Å². The van der Waals surface area contributed by atoms with Crippen molar-refractivity contribution in [3.05, 3.63) is 80.9 Å². The van der Waals surface area contributed by atoms with Gasteiger partial charge in [0.05, 0.1) is 0 Å². The third-order valence-electron chi connectivity index (χ3n) is 5.78. The summed E-state index contributed by atoms with van der Waals surface area (Å²) in [6.45, 7) is 9.00. The van der Waals surface area contributed by atoms with E-state index in [9.17, 15) is 0 Å². The zero-order valence-electron chi connectivity index (χ0n) is 15.8. The minimum atomic E-state index is -1.98. The zero-order valence-corrected chi connectivity index (χ0v) is 19.9. The van der Waals surface area contributed by atoms with Gasteiger partial charge in [0.15, 0.2) is 0 Å². The molecule has 0 aromatic heterocycles. The van der Waals surface area contributed by atoms with Crippen molar-refractivity contribution < 1.29 is 21.3 Å². The average Bonchev–Trinajstić information content (AvgIpc) is 3.19. The first-order valence-corrected chi connectivity index (χ1v) is 13.3. The molecule has 26 heavy (non-hydrogen) atoms. The summed E-state index contributed by atoms with van der Waals surface area (Å²) in [6.07, 6.45) is 9.64. The fraction of sp³-hybridized carbons (Fsp3) is 0.261. The van der Waals surface area contributed by atoms with Gasteiger partial charge in [0.2, 0.25) is 0 Å². The first kappa shape index (κ1) is 21.6. The second-order valence-electron chi connectivity index (χ2n) is 7.30. The molecule has 0 nitrogen and oxygen atoms in total. The summed E-state index contributed by atoms with van der Waals surface area (Å²) in [7, 11) is 0. The van der Waals surface area contributed by atoms with Crippen LogP contribution in [0.2, 0.25) is 0 Å². The molecule has 2 unspecified atom stereocenters. The second kappa shape index (κ2) is 8.09. The number of halogens is 2. The Hall–Kier alpha value is -0.747. The van der Waals surface area contributed by atoms with E-state index in [1.807, 2.05) is 0 Å². The second-order valence-corrected chi connectivity index (χ2v) is 13.2. The van der Waals surface area contributed by atoms with Crippen LogP contribution in [0.15, 0.2) is 36.4 Å². The molecule has 4 rings (SSSR count). The van der Waals surface area contributed by atoms with Crippen molar-refractivity contribution in [2.24, 2.45) is 0 Å². The van der Waals surface area contributed by atoms with Crippen LogP contribution in [0.25, 0.3) is 12.2 Å². The van der Waals surface area contributed by atoms with Gasteiger partial charge in [-0.3, -0.25) is 0 Å². The maximum absolute atomic E-state index is 4.84. The van der Waals surface area contributed by atoms with Gasteiger partial charge in [-0.15, -0.1) is 24.8 Å². The fourth-order valence-corrected chi connectivity index (χ4v) is 10.7. The zero-order chi connectivity index (χ0) is 17.0. The SMILES string of the molecule is Cl.Cl.[CH2]=[Zr]([CH]1C=Cc2c(C)ccc(C)c21)[CH]1C=Cc2c(C)ccc(C)c21. The fourth-order valence-electron chi connectivity index (χ4n) is 4.37. The summed E-state index contributed by atoms with van der Waals surface area (Å²) >= 11 is -1.98. The number of hydrogen-bond acceptors (Lipinski definition) is 0. The molecule has 0 amide bonds. The normalized spacial score (nSPS) is 18.8. The van der Waals surface area contributed by atoms with Crippen LogP contribution in [0.5, 0.6) is 0 Å². The van der Waals surface area contributed by atoms with Crippen LogP contribution >= 0.6 is 24.8 Å². The molecule has 136 valence electrons. The molecule has 2 aliphatic carbocycles. The van der Waals surface area contributed by atoms with E-state index in [-0.39, 0.29) is 24.8 Å².